The predicted octanol–water partition coefficient (Wildman–Crippen LogP) is 2.69. The van der Waals surface area contributed by atoms with Crippen molar-refractivity contribution in [1.82, 2.24) is 14.8 Å². The summed E-state index contributed by atoms with van der Waals surface area (Å²) in [7, 11) is 0. The molecule has 0 fully saturated rings. The number of ketones is 1. The molecular formula is C16H15FN4O. The summed E-state index contributed by atoms with van der Waals surface area (Å²) in [6.45, 7) is 2.07. The predicted molar refractivity (Wildman–Crippen MR) is 78.6 cm³/mol. The lowest BCUT2D eigenvalue weighted by Crippen LogP contribution is -2.33. The number of carbonyl (C=O) groups is 1. The Morgan fingerprint density at radius 3 is 2.82 bits per heavy atom. The molecule has 1 aliphatic carbocycles. The zero-order valence-electron chi connectivity index (χ0n) is 12.1. The topological polar surface area (TPSA) is 59.8 Å². The van der Waals surface area contributed by atoms with Gasteiger partial charge in [-0.1, -0.05) is 19.1 Å². The molecule has 1 N–H and O–H groups in total. The van der Waals surface area contributed by atoms with Crippen LogP contribution in [0.4, 0.5) is 10.3 Å². The number of anilines is 1. The van der Waals surface area contributed by atoms with Crippen LogP contribution in [0.25, 0.3) is 0 Å². The number of aromatic nitrogens is 3. The molecule has 0 saturated carbocycles. The minimum Gasteiger partial charge on any atom is -0.328 e. The van der Waals surface area contributed by atoms with Gasteiger partial charge in [-0.2, -0.15) is 10.1 Å². The Bertz CT molecular complexity index is 778. The molecule has 0 bridgehead atoms. The minimum atomic E-state index is -0.339. The van der Waals surface area contributed by atoms with Gasteiger partial charge in [0, 0.05) is 17.7 Å². The van der Waals surface area contributed by atoms with Gasteiger partial charge in [0.25, 0.3) is 0 Å². The van der Waals surface area contributed by atoms with E-state index in [1.165, 1.54) is 18.5 Å². The number of nitrogens with one attached hydrogen (secondary N) is 1. The van der Waals surface area contributed by atoms with Gasteiger partial charge >= 0.3 is 0 Å². The maximum atomic E-state index is 13.2. The number of halogens is 1. The highest BCUT2D eigenvalue weighted by molar-refractivity contribution is 5.99. The van der Waals surface area contributed by atoms with Gasteiger partial charge in [-0.25, -0.2) is 9.07 Å². The van der Waals surface area contributed by atoms with E-state index in [0.717, 1.165) is 23.3 Å². The Morgan fingerprint density at radius 1 is 1.27 bits per heavy atom. The molecule has 0 unspecified atom stereocenters. The van der Waals surface area contributed by atoms with Crippen molar-refractivity contribution in [2.45, 2.75) is 25.8 Å². The third-order valence-electron chi connectivity index (χ3n) is 4.25. The number of hydrogen-bond donors (Lipinski definition) is 1. The first-order valence-electron chi connectivity index (χ1n) is 7.31. The lowest BCUT2D eigenvalue weighted by atomic mass is 9.81. The van der Waals surface area contributed by atoms with Gasteiger partial charge in [0.05, 0.1) is 0 Å². The van der Waals surface area contributed by atoms with Crippen molar-refractivity contribution in [3.8, 4) is 0 Å². The van der Waals surface area contributed by atoms with Crippen molar-refractivity contribution in [3.05, 3.63) is 53.2 Å². The Kier molecular flexibility index (Phi) is 2.85. The van der Waals surface area contributed by atoms with Gasteiger partial charge in [0.15, 0.2) is 5.78 Å². The van der Waals surface area contributed by atoms with Crippen molar-refractivity contribution in [1.29, 1.82) is 0 Å². The Morgan fingerprint density at radius 2 is 2.05 bits per heavy atom. The number of Topliss-reactive ketones (excluding diaryl/α,β-unsaturated/α-hetero) is 1. The third kappa shape index (κ3) is 1.94. The summed E-state index contributed by atoms with van der Waals surface area (Å²) in [5.41, 5.74) is 2.48. The first-order chi connectivity index (χ1) is 10.6. The summed E-state index contributed by atoms with van der Waals surface area (Å²) in [4.78, 5) is 16.8. The van der Waals surface area contributed by atoms with Crippen molar-refractivity contribution < 1.29 is 9.18 Å². The van der Waals surface area contributed by atoms with E-state index in [9.17, 15) is 9.18 Å². The van der Waals surface area contributed by atoms with Gasteiger partial charge in [-0.05, 0) is 30.0 Å². The minimum absolute atomic E-state index is 0.122. The molecule has 0 radical (unpaired) electrons. The van der Waals surface area contributed by atoms with Crippen molar-refractivity contribution in [2.75, 3.05) is 5.32 Å². The fourth-order valence-corrected chi connectivity index (χ4v) is 3.30. The summed E-state index contributed by atoms with van der Waals surface area (Å²) in [6, 6.07) is 5.88. The van der Waals surface area contributed by atoms with Gasteiger partial charge in [0.1, 0.15) is 18.2 Å². The van der Waals surface area contributed by atoms with Gasteiger partial charge < -0.3 is 5.32 Å². The molecule has 112 valence electrons. The molecule has 0 saturated heterocycles. The molecule has 5 nitrogen and oxygen atoms in total. The van der Waals surface area contributed by atoms with Gasteiger partial charge in [-0.15, -0.1) is 0 Å². The Labute approximate surface area is 126 Å². The van der Waals surface area contributed by atoms with Gasteiger partial charge in [-0.3, -0.25) is 4.79 Å². The van der Waals surface area contributed by atoms with Crippen LogP contribution in [-0.2, 0) is 4.79 Å². The molecule has 1 aromatic heterocycles. The SMILES string of the molecule is C[C@@H]1CC(=O)C2=C(C1)Nc1ncnn1[C@@H]2c1ccc(F)cc1. The second kappa shape index (κ2) is 4.76. The first kappa shape index (κ1) is 13.2. The van der Waals surface area contributed by atoms with E-state index in [0.29, 0.717) is 18.3 Å². The van der Waals surface area contributed by atoms with Crippen LogP contribution in [0.5, 0.6) is 0 Å². The second-order valence-corrected chi connectivity index (χ2v) is 5.94. The fraction of sp³-hybridized carbons (Fsp3) is 0.312. The maximum absolute atomic E-state index is 13.2. The number of fused-ring (bicyclic) bond motifs is 1. The Balaban J connectivity index is 1.89. The lowest BCUT2D eigenvalue weighted by Gasteiger charge is -2.34. The third-order valence-corrected chi connectivity index (χ3v) is 4.25. The van der Waals surface area contributed by atoms with Crippen molar-refractivity contribution >= 4 is 11.7 Å². The van der Waals surface area contributed by atoms with E-state index >= 15 is 0 Å². The number of allylic oxidation sites excluding steroid dienone is 2. The molecule has 1 aliphatic heterocycles. The van der Waals surface area contributed by atoms with E-state index in [1.807, 2.05) is 0 Å². The Hall–Kier alpha value is -2.50. The quantitative estimate of drug-likeness (QED) is 0.879. The number of nitrogens with zero attached hydrogens (tertiary/aromatic N) is 3. The molecule has 2 atom stereocenters. The number of benzene rings is 1. The summed E-state index contributed by atoms with van der Waals surface area (Å²) in [6.07, 6.45) is 2.80. The van der Waals surface area contributed by atoms with Crippen molar-refractivity contribution in [2.24, 2.45) is 5.92 Å². The maximum Gasteiger partial charge on any atom is 0.226 e. The second-order valence-electron chi connectivity index (χ2n) is 5.94. The average molecular weight is 298 g/mol. The van der Waals surface area contributed by atoms with Crippen LogP contribution in [-0.4, -0.2) is 20.5 Å². The smallest absolute Gasteiger partial charge is 0.226 e. The molecule has 2 aromatic rings. The zero-order valence-corrected chi connectivity index (χ0v) is 12.1. The van der Waals surface area contributed by atoms with Crippen LogP contribution >= 0.6 is 0 Å². The molecule has 2 heterocycles. The van der Waals surface area contributed by atoms with E-state index in [4.69, 9.17) is 0 Å². The highest BCUT2D eigenvalue weighted by Gasteiger charge is 2.37. The highest BCUT2D eigenvalue weighted by Crippen LogP contribution is 2.40. The first-order valence-corrected chi connectivity index (χ1v) is 7.31. The molecule has 6 heteroatoms. The monoisotopic (exact) mass is 298 g/mol. The summed E-state index contributed by atoms with van der Waals surface area (Å²) >= 11 is 0. The highest BCUT2D eigenvalue weighted by atomic mass is 19.1. The fourth-order valence-electron chi connectivity index (χ4n) is 3.30. The van der Waals surface area contributed by atoms with Crippen molar-refractivity contribution in [3.63, 3.8) is 0 Å². The molecular weight excluding hydrogens is 283 g/mol. The largest absolute Gasteiger partial charge is 0.328 e. The van der Waals surface area contributed by atoms with Crippen LogP contribution < -0.4 is 5.32 Å². The molecule has 4 rings (SSSR count). The summed E-state index contributed by atoms with van der Waals surface area (Å²) in [5.74, 6) is 0.753. The molecule has 0 amide bonds. The van der Waals surface area contributed by atoms with E-state index in [1.54, 1.807) is 16.8 Å². The number of carbonyl (C=O) groups excluding carboxylic acids is 1. The normalized spacial score (nSPS) is 23.8. The molecule has 22 heavy (non-hydrogen) atoms. The summed E-state index contributed by atoms with van der Waals surface area (Å²) in [5, 5.41) is 7.47. The van der Waals surface area contributed by atoms with Crippen LogP contribution in [0, 0.1) is 11.7 Å². The van der Waals surface area contributed by atoms with Crippen LogP contribution in [0.1, 0.15) is 31.4 Å². The molecule has 1 aromatic carbocycles. The van der Waals surface area contributed by atoms with Crippen LogP contribution in [0.2, 0.25) is 0 Å². The van der Waals surface area contributed by atoms with Crippen LogP contribution in [0.15, 0.2) is 41.9 Å². The molecule has 2 aliphatic rings. The van der Waals surface area contributed by atoms with E-state index in [2.05, 4.69) is 22.3 Å². The van der Waals surface area contributed by atoms with E-state index in [-0.39, 0.29) is 17.6 Å². The zero-order chi connectivity index (χ0) is 15.3. The number of hydrogen-bond acceptors (Lipinski definition) is 4. The van der Waals surface area contributed by atoms with Crippen LogP contribution in [0.3, 0.4) is 0 Å². The number of rotatable bonds is 1. The standard InChI is InChI=1S/C16H15FN4O/c1-9-6-12-14(13(22)7-9)15(10-2-4-11(17)5-3-10)21-16(20-12)18-8-19-21/h2-5,8-9,15H,6-7H2,1H3,(H,18,19,20)/t9-,15+/m0/s1. The molecule has 0 spiro atoms. The average Bonchev–Trinajstić information content (AvgIpc) is 2.93. The van der Waals surface area contributed by atoms with Gasteiger partial charge in [0.2, 0.25) is 5.95 Å². The summed E-state index contributed by atoms with van der Waals surface area (Å²) < 4.78 is 14.9. The van der Waals surface area contributed by atoms with E-state index < -0.39 is 0 Å². The lowest BCUT2D eigenvalue weighted by molar-refractivity contribution is -0.117.